The van der Waals surface area contributed by atoms with Crippen LogP contribution in [0.4, 0.5) is 0 Å². The van der Waals surface area contributed by atoms with E-state index in [1.54, 1.807) is 6.92 Å². The van der Waals surface area contributed by atoms with Gasteiger partial charge in [0, 0.05) is 0 Å². The highest BCUT2D eigenvalue weighted by atomic mass is 35.5. The maximum Gasteiger partial charge on any atom is 0.307 e. The van der Waals surface area contributed by atoms with Crippen molar-refractivity contribution in [3.63, 3.8) is 0 Å². The maximum atomic E-state index is 10.9. The molecule has 0 aliphatic heterocycles. The Bertz CT molecular complexity index is 510. The number of rotatable bonds is 4. The molecule has 1 atom stereocenters. The van der Waals surface area contributed by atoms with Crippen molar-refractivity contribution < 1.29 is 17.1 Å². The van der Waals surface area contributed by atoms with Crippen molar-refractivity contribution in [1.82, 2.24) is 5.16 Å². The number of halogens is 2. The van der Waals surface area contributed by atoms with E-state index < -0.39 is 16.0 Å². The Morgan fingerprint density at radius 1 is 1.62 bits per heavy atom. The van der Waals surface area contributed by atoms with Gasteiger partial charge in [0.1, 0.15) is 5.02 Å². The van der Waals surface area contributed by atoms with Crippen LogP contribution in [0.25, 0.3) is 0 Å². The van der Waals surface area contributed by atoms with Crippen molar-refractivity contribution in [2.75, 3.05) is 6.26 Å². The standard InChI is InChI=1S/C7H7Cl2NO4S2/c1-3(6(9)15)5-4(8)7(10-13-5)14-16(2,11)12/h3H,1-2H3. The molecule has 0 radical (unpaired) electrons. The fourth-order valence-electron chi connectivity index (χ4n) is 0.844. The lowest BCUT2D eigenvalue weighted by atomic mass is 10.1. The molecular formula is C7H7Cl2NO4S2. The van der Waals surface area contributed by atoms with E-state index in [1.165, 1.54) is 0 Å². The van der Waals surface area contributed by atoms with Gasteiger partial charge >= 0.3 is 10.1 Å². The summed E-state index contributed by atoms with van der Waals surface area (Å²) in [5.41, 5.74) is 0. The van der Waals surface area contributed by atoms with Gasteiger partial charge in [0.25, 0.3) is 5.88 Å². The fraction of sp³-hybridized carbons (Fsp3) is 0.429. The molecule has 0 saturated heterocycles. The predicted octanol–water partition coefficient (Wildman–Crippen LogP) is 2.34. The Morgan fingerprint density at radius 3 is 2.62 bits per heavy atom. The van der Waals surface area contributed by atoms with Crippen molar-refractivity contribution >= 4 is 49.9 Å². The Kier molecular flexibility index (Phi) is 4.17. The van der Waals surface area contributed by atoms with Crippen LogP contribution in [0.2, 0.25) is 5.02 Å². The molecule has 0 spiro atoms. The molecular weight excluding hydrogens is 297 g/mol. The molecule has 1 rings (SSSR count). The topological polar surface area (TPSA) is 69.4 Å². The minimum Gasteiger partial charge on any atom is -0.357 e. The second-order valence-corrected chi connectivity index (χ2v) is 6.00. The molecule has 9 heteroatoms. The zero-order chi connectivity index (χ0) is 12.5. The van der Waals surface area contributed by atoms with Gasteiger partial charge in [0.15, 0.2) is 5.76 Å². The summed E-state index contributed by atoms with van der Waals surface area (Å²) in [7, 11) is -3.71. The van der Waals surface area contributed by atoms with Crippen molar-refractivity contribution in [1.29, 1.82) is 0 Å². The lowest BCUT2D eigenvalue weighted by Gasteiger charge is -2.02. The molecule has 0 aromatic carbocycles. The Labute approximate surface area is 108 Å². The Morgan fingerprint density at radius 2 is 2.19 bits per heavy atom. The third-order valence-electron chi connectivity index (χ3n) is 1.60. The van der Waals surface area contributed by atoms with Gasteiger partial charge in [0.2, 0.25) is 0 Å². The summed E-state index contributed by atoms with van der Waals surface area (Å²) in [6, 6.07) is 0. The number of aromatic nitrogens is 1. The van der Waals surface area contributed by atoms with Crippen molar-refractivity contribution in [3.8, 4) is 5.88 Å². The van der Waals surface area contributed by atoms with E-state index in [2.05, 4.69) is 9.34 Å². The number of hydrogen-bond acceptors (Lipinski definition) is 6. The van der Waals surface area contributed by atoms with Crippen LogP contribution in [0, 0.1) is 0 Å². The number of thiocarbonyl (C=S) groups is 1. The van der Waals surface area contributed by atoms with Crippen molar-refractivity contribution in [3.05, 3.63) is 10.8 Å². The van der Waals surface area contributed by atoms with Crippen LogP contribution in [-0.2, 0) is 10.1 Å². The Balaban J connectivity index is 3.06. The van der Waals surface area contributed by atoms with E-state index in [0.29, 0.717) is 0 Å². The molecule has 0 amide bonds. The first-order chi connectivity index (χ1) is 7.22. The van der Waals surface area contributed by atoms with E-state index >= 15 is 0 Å². The summed E-state index contributed by atoms with van der Waals surface area (Å²) in [5, 5.41) is 3.32. The van der Waals surface area contributed by atoms with Gasteiger partial charge in [-0.2, -0.15) is 8.42 Å². The molecule has 1 aromatic heterocycles. The predicted molar refractivity (Wildman–Crippen MR) is 63.9 cm³/mol. The van der Waals surface area contributed by atoms with Crippen LogP contribution in [0.3, 0.4) is 0 Å². The molecule has 0 bridgehead atoms. The highest BCUT2D eigenvalue weighted by Crippen LogP contribution is 2.34. The van der Waals surface area contributed by atoms with Gasteiger partial charge in [-0.05, 0) is 12.1 Å². The fourth-order valence-corrected chi connectivity index (χ4v) is 1.77. The van der Waals surface area contributed by atoms with Gasteiger partial charge in [0.05, 0.1) is 16.5 Å². The average molecular weight is 304 g/mol. The van der Waals surface area contributed by atoms with E-state index in [4.69, 9.17) is 39.9 Å². The number of nitrogens with zero attached hydrogens (tertiary/aromatic N) is 1. The summed E-state index contributed by atoms with van der Waals surface area (Å²) in [6.45, 7) is 1.64. The average Bonchev–Trinajstić information content (AvgIpc) is 2.44. The van der Waals surface area contributed by atoms with Gasteiger partial charge in [-0.1, -0.05) is 35.4 Å². The zero-order valence-corrected chi connectivity index (χ0v) is 11.4. The first-order valence-electron chi connectivity index (χ1n) is 3.96. The second-order valence-electron chi connectivity index (χ2n) is 2.98. The molecule has 0 saturated carbocycles. The third kappa shape index (κ3) is 3.31. The van der Waals surface area contributed by atoms with Gasteiger partial charge in [-0.15, -0.1) is 0 Å². The van der Waals surface area contributed by atoms with Crippen molar-refractivity contribution in [2.45, 2.75) is 12.8 Å². The normalized spacial score (nSPS) is 13.5. The zero-order valence-electron chi connectivity index (χ0n) is 8.23. The Hall–Kier alpha value is -0.370. The molecule has 90 valence electrons. The molecule has 1 aromatic rings. The summed E-state index contributed by atoms with van der Waals surface area (Å²) >= 11 is 16.1. The van der Waals surface area contributed by atoms with Gasteiger partial charge < -0.3 is 8.71 Å². The summed E-state index contributed by atoms with van der Waals surface area (Å²) in [4.78, 5) is 0. The highest BCUT2D eigenvalue weighted by Gasteiger charge is 2.24. The molecule has 16 heavy (non-hydrogen) atoms. The van der Waals surface area contributed by atoms with Crippen LogP contribution in [-0.4, -0.2) is 24.2 Å². The van der Waals surface area contributed by atoms with Gasteiger partial charge in [-0.3, -0.25) is 0 Å². The largest absolute Gasteiger partial charge is 0.357 e. The van der Waals surface area contributed by atoms with Gasteiger partial charge in [-0.25, -0.2) is 0 Å². The molecule has 0 fully saturated rings. The summed E-state index contributed by atoms with van der Waals surface area (Å²) < 4.78 is 31.1. The molecule has 1 unspecified atom stereocenters. The minimum atomic E-state index is -3.71. The smallest absolute Gasteiger partial charge is 0.307 e. The summed E-state index contributed by atoms with van der Waals surface area (Å²) in [5.74, 6) is -0.618. The van der Waals surface area contributed by atoms with Crippen LogP contribution < -0.4 is 4.18 Å². The quantitative estimate of drug-likeness (QED) is 0.483. The SMILES string of the molecule is CC(C(=S)Cl)c1onc(OS(C)(=O)=O)c1Cl. The number of hydrogen-bond donors (Lipinski definition) is 0. The maximum absolute atomic E-state index is 10.9. The first-order valence-corrected chi connectivity index (χ1v) is 6.94. The van der Waals surface area contributed by atoms with Crippen LogP contribution in [0.15, 0.2) is 4.52 Å². The molecule has 0 aliphatic carbocycles. The van der Waals surface area contributed by atoms with Crippen LogP contribution in [0.1, 0.15) is 18.6 Å². The van der Waals surface area contributed by atoms with E-state index in [0.717, 1.165) is 6.26 Å². The molecule has 0 aliphatic rings. The lowest BCUT2D eigenvalue weighted by Crippen LogP contribution is -2.06. The first kappa shape index (κ1) is 13.7. The van der Waals surface area contributed by atoms with E-state index in [-0.39, 0.29) is 21.0 Å². The molecule has 1 heterocycles. The monoisotopic (exact) mass is 303 g/mol. The second kappa shape index (κ2) is 4.87. The highest BCUT2D eigenvalue weighted by molar-refractivity contribution is 7.86. The lowest BCUT2D eigenvalue weighted by molar-refractivity contribution is 0.359. The minimum absolute atomic E-state index is 0.0547. The third-order valence-corrected chi connectivity index (χ3v) is 3.08. The van der Waals surface area contributed by atoms with Crippen LogP contribution in [0.5, 0.6) is 5.88 Å². The van der Waals surface area contributed by atoms with Crippen molar-refractivity contribution in [2.24, 2.45) is 0 Å². The van der Waals surface area contributed by atoms with Crippen LogP contribution >= 0.6 is 35.4 Å². The molecule has 0 N–H and O–H groups in total. The van der Waals surface area contributed by atoms with E-state index in [1.807, 2.05) is 0 Å². The molecule has 5 nitrogen and oxygen atoms in total. The summed E-state index contributed by atoms with van der Waals surface area (Å²) in [6.07, 6.45) is 0.868. The van der Waals surface area contributed by atoms with E-state index in [9.17, 15) is 8.42 Å².